The third kappa shape index (κ3) is 3.23. The summed E-state index contributed by atoms with van der Waals surface area (Å²) >= 11 is 6.50. The molecule has 2 aromatic carbocycles. The van der Waals surface area contributed by atoms with E-state index in [1.54, 1.807) is 0 Å². The van der Waals surface area contributed by atoms with Crippen molar-refractivity contribution in [1.29, 1.82) is 0 Å². The average Bonchev–Trinajstić information content (AvgIpc) is 3.03. The lowest BCUT2D eigenvalue weighted by atomic mass is 10.0. The van der Waals surface area contributed by atoms with Gasteiger partial charge in [0.1, 0.15) is 0 Å². The summed E-state index contributed by atoms with van der Waals surface area (Å²) in [4.78, 5) is 0. The molecule has 2 heteroatoms. The van der Waals surface area contributed by atoms with Crippen molar-refractivity contribution in [1.82, 2.24) is 0 Å². The zero-order valence-corrected chi connectivity index (χ0v) is 12.2. The minimum Gasteiger partial charge on any atom is -0.376 e. The molecular formula is C18H19ClO. The Morgan fingerprint density at radius 1 is 1.00 bits per heavy atom. The average molecular weight is 287 g/mol. The van der Waals surface area contributed by atoms with Gasteiger partial charge in [0.05, 0.1) is 11.5 Å². The molecule has 0 radical (unpaired) electrons. The largest absolute Gasteiger partial charge is 0.376 e. The summed E-state index contributed by atoms with van der Waals surface area (Å²) in [6.45, 7) is 0.847. The molecular weight excluding hydrogens is 268 g/mol. The molecule has 0 aliphatic carbocycles. The molecule has 0 bridgehead atoms. The highest BCUT2D eigenvalue weighted by Gasteiger charge is 2.25. The molecule has 2 aromatic rings. The van der Waals surface area contributed by atoms with Crippen LogP contribution < -0.4 is 0 Å². The smallest absolute Gasteiger partial charge is 0.0847 e. The van der Waals surface area contributed by atoms with E-state index < -0.39 is 0 Å². The van der Waals surface area contributed by atoms with Crippen LogP contribution in [0.4, 0.5) is 0 Å². The van der Waals surface area contributed by atoms with Gasteiger partial charge < -0.3 is 4.74 Å². The Balaban J connectivity index is 1.68. The Bertz CT molecular complexity index is 529. The third-order valence-corrected chi connectivity index (χ3v) is 4.37. The molecule has 2 unspecified atom stereocenters. The molecule has 0 N–H and O–H groups in total. The van der Waals surface area contributed by atoms with Gasteiger partial charge in [0.25, 0.3) is 0 Å². The van der Waals surface area contributed by atoms with Crippen molar-refractivity contribution >= 4 is 11.6 Å². The van der Waals surface area contributed by atoms with E-state index in [1.165, 1.54) is 11.1 Å². The van der Waals surface area contributed by atoms with E-state index in [-0.39, 0.29) is 11.5 Å². The molecule has 2 atom stereocenters. The predicted molar refractivity (Wildman–Crippen MR) is 83.3 cm³/mol. The van der Waals surface area contributed by atoms with Gasteiger partial charge in [0.15, 0.2) is 0 Å². The normalized spacial score (nSPS) is 19.9. The molecule has 0 amide bonds. The highest BCUT2D eigenvalue weighted by molar-refractivity contribution is 6.21. The molecule has 1 heterocycles. The molecule has 1 fully saturated rings. The van der Waals surface area contributed by atoms with Crippen molar-refractivity contribution in [2.75, 3.05) is 6.61 Å². The molecule has 1 aliphatic heterocycles. The maximum atomic E-state index is 6.50. The first-order valence-electron chi connectivity index (χ1n) is 7.21. The molecule has 0 saturated carbocycles. The summed E-state index contributed by atoms with van der Waals surface area (Å²) in [6, 6.07) is 19.1. The van der Waals surface area contributed by atoms with Crippen LogP contribution in [0.1, 0.15) is 34.9 Å². The molecule has 0 spiro atoms. The van der Waals surface area contributed by atoms with E-state index in [9.17, 15) is 0 Å². The van der Waals surface area contributed by atoms with Gasteiger partial charge in [-0.25, -0.2) is 0 Å². The second-order valence-electron chi connectivity index (χ2n) is 5.36. The first-order valence-corrected chi connectivity index (χ1v) is 7.65. The first-order chi connectivity index (χ1) is 9.83. The third-order valence-electron chi connectivity index (χ3n) is 3.84. The Labute approximate surface area is 125 Å². The van der Waals surface area contributed by atoms with Gasteiger partial charge in [-0.2, -0.15) is 0 Å². The number of benzene rings is 2. The van der Waals surface area contributed by atoms with Crippen molar-refractivity contribution in [2.24, 2.45) is 0 Å². The van der Waals surface area contributed by atoms with Crippen LogP contribution in [0.2, 0.25) is 0 Å². The van der Waals surface area contributed by atoms with E-state index in [2.05, 4.69) is 48.5 Å². The Morgan fingerprint density at radius 3 is 2.35 bits per heavy atom. The molecule has 0 aromatic heterocycles. The summed E-state index contributed by atoms with van der Waals surface area (Å²) in [5.41, 5.74) is 3.81. The van der Waals surface area contributed by atoms with Crippen molar-refractivity contribution in [3.05, 3.63) is 71.3 Å². The van der Waals surface area contributed by atoms with E-state index >= 15 is 0 Å². The molecule has 3 rings (SSSR count). The van der Waals surface area contributed by atoms with Gasteiger partial charge in [0.2, 0.25) is 0 Å². The maximum Gasteiger partial charge on any atom is 0.0847 e. The minimum atomic E-state index is -0.0247. The topological polar surface area (TPSA) is 9.23 Å². The lowest BCUT2D eigenvalue weighted by Gasteiger charge is -2.17. The quantitative estimate of drug-likeness (QED) is 0.738. The van der Waals surface area contributed by atoms with Crippen LogP contribution in [-0.4, -0.2) is 12.7 Å². The SMILES string of the molecule is ClC(c1ccc(Cc2ccccc2)cc1)C1CCCO1. The number of ether oxygens (including phenoxy) is 1. The van der Waals surface area contributed by atoms with Crippen LogP contribution in [0.5, 0.6) is 0 Å². The van der Waals surface area contributed by atoms with Gasteiger partial charge in [0, 0.05) is 6.61 Å². The van der Waals surface area contributed by atoms with Crippen LogP contribution in [0.15, 0.2) is 54.6 Å². The second kappa shape index (κ2) is 6.43. The molecule has 1 aliphatic rings. The van der Waals surface area contributed by atoms with Crippen molar-refractivity contribution < 1.29 is 4.74 Å². The van der Waals surface area contributed by atoms with Gasteiger partial charge in [-0.1, -0.05) is 54.6 Å². The zero-order chi connectivity index (χ0) is 13.8. The fourth-order valence-corrected chi connectivity index (χ4v) is 3.04. The molecule has 1 nitrogen and oxygen atoms in total. The van der Waals surface area contributed by atoms with Crippen LogP contribution in [0.25, 0.3) is 0 Å². The number of hydrogen-bond acceptors (Lipinski definition) is 1. The fraction of sp³-hybridized carbons (Fsp3) is 0.333. The number of alkyl halides is 1. The first kappa shape index (κ1) is 13.7. The lowest BCUT2D eigenvalue weighted by molar-refractivity contribution is 0.107. The maximum absolute atomic E-state index is 6.50. The highest BCUT2D eigenvalue weighted by Crippen LogP contribution is 2.32. The highest BCUT2D eigenvalue weighted by atomic mass is 35.5. The summed E-state index contributed by atoms with van der Waals surface area (Å²) in [6.07, 6.45) is 3.34. The van der Waals surface area contributed by atoms with Gasteiger partial charge in [-0.05, 0) is 36.0 Å². The second-order valence-corrected chi connectivity index (χ2v) is 5.83. The molecule has 20 heavy (non-hydrogen) atoms. The van der Waals surface area contributed by atoms with Crippen LogP contribution in [-0.2, 0) is 11.2 Å². The van der Waals surface area contributed by atoms with Gasteiger partial charge >= 0.3 is 0 Å². The van der Waals surface area contributed by atoms with Crippen LogP contribution in [0, 0.1) is 0 Å². The zero-order valence-electron chi connectivity index (χ0n) is 11.5. The van der Waals surface area contributed by atoms with Crippen LogP contribution in [0.3, 0.4) is 0 Å². The Morgan fingerprint density at radius 2 is 1.70 bits per heavy atom. The lowest BCUT2D eigenvalue weighted by Crippen LogP contribution is -2.12. The standard InChI is InChI=1S/C18H19ClO/c19-18(17-7-4-12-20-17)16-10-8-15(9-11-16)13-14-5-2-1-3-6-14/h1-3,5-6,8-11,17-18H,4,7,12-13H2. The Hall–Kier alpha value is -1.31. The minimum absolute atomic E-state index is 0.0247. The van der Waals surface area contributed by atoms with E-state index in [0.29, 0.717) is 0 Å². The van der Waals surface area contributed by atoms with Gasteiger partial charge in [-0.15, -0.1) is 11.6 Å². The van der Waals surface area contributed by atoms with Crippen molar-refractivity contribution in [3.63, 3.8) is 0 Å². The fourth-order valence-electron chi connectivity index (χ4n) is 2.70. The van der Waals surface area contributed by atoms with Gasteiger partial charge in [-0.3, -0.25) is 0 Å². The number of halogens is 1. The molecule has 104 valence electrons. The Kier molecular flexibility index (Phi) is 4.39. The number of hydrogen-bond donors (Lipinski definition) is 0. The molecule has 1 saturated heterocycles. The van der Waals surface area contributed by atoms with E-state index in [4.69, 9.17) is 16.3 Å². The van der Waals surface area contributed by atoms with E-state index in [0.717, 1.165) is 31.4 Å². The van der Waals surface area contributed by atoms with Crippen LogP contribution >= 0.6 is 11.6 Å². The van der Waals surface area contributed by atoms with Crippen molar-refractivity contribution in [2.45, 2.75) is 30.7 Å². The summed E-state index contributed by atoms with van der Waals surface area (Å²) in [5, 5.41) is -0.0247. The van der Waals surface area contributed by atoms with E-state index in [1.807, 2.05) is 6.07 Å². The monoisotopic (exact) mass is 286 g/mol. The summed E-state index contributed by atoms with van der Waals surface area (Å²) in [7, 11) is 0. The predicted octanol–water partition coefficient (Wildman–Crippen LogP) is 4.74. The number of rotatable bonds is 4. The van der Waals surface area contributed by atoms with Crippen molar-refractivity contribution in [3.8, 4) is 0 Å². The summed E-state index contributed by atoms with van der Waals surface area (Å²) in [5.74, 6) is 0. The summed E-state index contributed by atoms with van der Waals surface area (Å²) < 4.78 is 5.66.